The van der Waals surface area contributed by atoms with E-state index < -0.39 is 0 Å². The van der Waals surface area contributed by atoms with Crippen LogP contribution >= 0.6 is 0 Å². The average molecular weight is 713 g/mol. The van der Waals surface area contributed by atoms with E-state index in [0.29, 0.717) is 23.7 Å². The Bertz CT molecular complexity index is 2530. The van der Waals surface area contributed by atoms with Crippen LogP contribution in [0.1, 0.15) is 96.0 Å². The number of para-hydroxylation sites is 1. The third kappa shape index (κ3) is 6.44. The molecule has 0 aliphatic heterocycles. The number of benzene rings is 4. The maximum Gasteiger partial charge on any atom is 0.137 e. The lowest BCUT2D eigenvalue weighted by atomic mass is 9.72. The van der Waals surface area contributed by atoms with Crippen molar-refractivity contribution in [3.05, 3.63) is 143 Å². The molecule has 0 spiro atoms. The van der Waals surface area contributed by atoms with Crippen molar-refractivity contribution in [3.8, 4) is 34.3 Å². The van der Waals surface area contributed by atoms with E-state index in [-0.39, 0.29) is 5.41 Å². The van der Waals surface area contributed by atoms with E-state index in [4.69, 9.17) is 14.8 Å². The lowest BCUT2D eigenvalue weighted by Gasteiger charge is -2.32. The van der Waals surface area contributed by atoms with Crippen LogP contribution < -0.4 is 4.74 Å². The largest absolute Gasteiger partial charge is 0.457 e. The SMILES string of the molecule is CC1=C[C@H](C)C[C@H](C)C1c1c(C)nn(-c2cc(Oc3ccc4c5ccccc5n(-c5cc(C(C)C)ccn5)c4c3)cc(C(C)(C)C)c2)c1-c1ccccc1. The third-order valence-corrected chi connectivity index (χ3v) is 11.4. The summed E-state index contributed by atoms with van der Waals surface area (Å²) in [5, 5.41) is 7.71. The summed E-state index contributed by atoms with van der Waals surface area (Å²) < 4.78 is 11.3. The normalized spacial score (nSPS) is 17.7. The van der Waals surface area contributed by atoms with Gasteiger partial charge in [-0.15, -0.1) is 0 Å². The Kier molecular flexibility index (Phi) is 9.08. The number of aromatic nitrogens is 4. The summed E-state index contributed by atoms with van der Waals surface area (Å²) in [7, 11) is 0. The van der Waals surface area contributed by atoms with Gasteiger partial charge in [0.15, 0.2) is 0 Å². The summed E-state index contributed by atoms with van der Waals surface area (Å²) in [4.78, 5) is 4.86. The summed E-state index contributed by atoms with van der Waals surface area (Å²) in [5.41, 5.74) is 11.7. The highest BCUT2D eigenvalue weighted by atomic mass is 16.5. The van der Waals surface area contributed by atoms with Crippen LogP contribution in [0.5, 0.6) is 11.5 Å². The Balaban J connectivity index is 1.29. The molecular weight excluding hydrogens is 661 g/mol. The molecule has 54 heavy (non-hydrogen) atoms. The van der Waals surface area contributed by atoms with E-state index in [0.717, 1.165) is 45.4 Å². The first kappa shape index (κ1) is 35.6. The van der Waals surface area contributed by atoms with E-state index in [1.165, 1.54) is 45.0 Å². The molecule has 0 saturated carbocycles. The maximum atomic E-state index is 6.89. The molecule has 5 heteroatoms. The summed E-state index contributed by atoms with van der Waals surface area (Å²) in [5.74, 6) is 4.26. The minimum absolute atomic E-state index is 0.122. The van der Waals surface area contributed by atoms with Crippen molar-refractivity contribution >= 4 is 21.8 Å². The van der Waals surface area contributed by atoms with Crippen LogP contribution in [0.2, 0.25) is 0 Å². The molecule has 4 aromatic carbocycles. The topological polar surface area (TPSA) is 44.9 Å². The molecule has 0 radical (unpaired) electrons. The summed E-state index contributed by atoms with van der Waals surface area (Å²) >= 11 is 0. The summed E-state index contributed by atoms with van der Waals surface area (Å²) in [6.07, 6.45) is 5.56. The van der Waals surface area contributed by atoms with Gasteiger partial charge >= 0.3 is 0 Å². The molecule has 3 atom stereocenters. The molecule has 1 unspecified atom stereocenters. The highest BCUT2D eigenvalue weighted by Gasteiger charge is 2.33. The fraction of sp³-hybridized carbons (Fsp3) is 0.306. The first-order chi connectivity index (χ1) is 25.9. The highest BCUT2D eigenvalue weighted by Crippen LogP contribution is 2.46. The molecule has 5 nitrogen and oxygen atoms in total. The van der Waals surface area contributed by atoms with Gasteiger partial charge in [-0.05, 0) is 97.0 Å². The second kappa shape index (κ2) is 13.8. The first-order valence-electron chi connectivity index (χ1n) is 19.5. The average Bonchev–Trinajstić information content (AvgIpc) is 3.65. The summed E-state index contributed by atoms with van der Waals surface area (Å²) in [6, 6.07) is 36.7. The number of ether oxygens (including phenoxy) is 1. The smallest absolute Gasteiger partial charge is 0.137 e. The zero-order chi connectivity index (χ0) is 37.9. The quantitative estimate of drug-likeness (QED) is 0.155. The Morgan fingerprint density at radius 2 is 1.52 bits per heavy atom. The predicted octanol–water partition coefficient (Wildman–Crippen LogP) is 13.3. The molecule has 0 amide bonds. The minimum Gasteiger partial charge on any atom is -0.457 e. The van der Waals surface area contributed by atoms with Gasteiger partial charge in [0.2, 0.25) is 0 Å². The Labute approximate surface area is 320 Å². The molecular formula is C49H52N4O. The number of hydrogen-bond acceptors (Lipinski definition) is 3. The maximum absolute atomic E-state index is 6.89. The van der Waals surface area contributed by atoms with E-state index in [1.807, 2.05) is 6.20 Å². The number of nitrogens with zero attached hydrogens (tertiary/aromatic N) is 4. The Hall–Kier alpha value is -5.42. The van der Waals surface area contributed by atoms with E-state index in [1.54, 1.807) is 0 Å². The lowest BCUT2D eigenvalue weighted by Crippen LogP contribution is -2.20. The Morgan fingerprint density at radius 3 is 2.26 bits per heavy atom. The van der Waals surface area contributed by atoms with Crippen molar-refractivity contribution < 1.29 is 4.74 Å². The van der Waals surface area contributed by atoms with Crippen molar-refractivity contribution in [1.82, 2.24) is 19.3 Å². The molecule has 3 heterocycles. The lowest BCUT2D eigenvalue weighted by molar-refractivity contribution is 0.391. The van der Waals surface area contributed by atoms with Crippen LogP contribution in [0.25, 0.3) is 44.6 Å². The molecule has 8 rings (SSSR count). The van der Waals surface area contributed by atoms with Gasteiger partial charge in [0.25, 0.3) is 0 Å². The van der Waals surface area contributed by atoms with Crippen LogP contribution in [0, 0.1) is 18.8 Å². The molecule has 3 aromatic heterocycles. The zero-order valence-electron chi connectivity index (χ0n) is 33.2. The predicted molar refractivity (Wildman–Crippen MR) is 225 cm³/mol. The van der Waals surface area contributed by atoms with Gasteiger partial charge < -0.3 is 4.74 Å². The monoisotopic (exact) mass is 712 g/mol. The number of fused-ring (bicyclic) bond motifs is 3. The number of rotatable bonds is 7. The van der Waals surface area contributed by atoms with Crippen molar-refractivity contribution in [2.24, 2.45) is 11.8 Å². The molecule has 0 bridgehead atoms. The highest BCUT2D eigenvalue weighted by molar-refractivity contribution is 6.09. The fourth-order valence-corrected chi connectivity index (χ4v) is 8.79. The molecule has 0 saturated heterocycles. The number of aryl methyl sites for hydroxylation is 1. The molecule has 1 aliphatic rings. The summed E-state index contributed by atoms with van der Waals surface area (Å²) in [6.45, 7) is 20.5. The van der Waals surface area contributed by atoms with Gasteiger partial charge in [0, 0.05) is 46.1 Å². The molecule has 0 fully saturated rings. The van der Waals surface area contributed by atoms with Crippen LogP contribution in [0.3, 0.4) is 0 Å². The van der Waals surface area contributed by atoms with Crippen molar-refractivity contribution in [2.75, 3.05) is 0 Å². The number of hydrogen-bond donors (Lipinski definition) is 0. The molecule has 7 aromatic rings. The Morgan fingerprint density at radius 1 is 0.778 bits per heavy atom. The minimum atomic E-state index is -0.122. The zero-order valence-corrected chi connectivity index (χ0v) is 33.2. The molecule has 0 N–H and O–H groups in total. The van der Waals surface area contributed by atoms with Crippen molar-refractivity contribution in [1.29, 1.82) is 0 Å². The van der Waals surface area contributed by atoms with Crippen molar-refractivity contribution in [2.45, 2.75) is 86.0 Å². The van der Waals surface area contributed by atoms with Crippen molar-refractivity contribution in [3.63, 3.8) is 0 Å². The number of pyridine rings is 1. The second-order valence-corrected chi connectivity index (χ2v) is 16.9. The van der Waals surface area contributed by atoms with Crippen LogP contribution in [0.15, 0.2) is 121 Å². The van der Waals surface area contributed by atoms with Crippen LogP contribution in [-0.2, 0) is 5.41 Å². The van der Waals surface area contributed by atoms with E-state index in [9.17, 15) is 0 Å². The van der Waals surface area contributed by atoms with Gasteiger partial charge in [-0.3, -0.25) is 4.57 Å². The van der Waals surface area contributed by atoms with Gasteiger partial charge in [-0.1, -0.05) is 109 Å². The van der Waals surface area contributed by atoms with Gasteiger partial charge in [-0.2, -0.15) is 5.10 Å². The first-order valence-corrected chi connectivity index (χ1v) is 19.5. The second-order valence-electron chi connectivity index (χ2n) is 16.9. The van der Waals surface area contributed by atoms with E-state index in [2.05, 4.69) is 181 Å². The number of allylic oxidation sites excluding steroid dienone is 2. The van der Waals surface area contributed by atoms with Crippen LogP contribution in [0.4, 0.5) is 0 Å². The van der Waals surface area contributed by atoms with Gasteiger partial charge in [0.05, 0.1) is 28.1 Å². The fourth-order valence-electron chi connectivity index (χ4n) is 8.79. The molecule has 1 aliphatic carbocycles. The third-order valence-electron chi connectivity index (χ3n) is 11.4. The van der Waals surface area contributed by atoms with E-state index >= 15 is 0 Å². The standard InChI is InChI=1S/C49H52N4O/c1-30(2)36-21-22-50-45(25-36)52-43-18-14-13-17-41(43)42-20-19-39(29-44(42)52)54-40-27-37(49(7,8)9)26-38(28-40)53-48(35-15-11-10-12-16-35)47(34(6)51-53)46-32(4)23-31(3)24-33(46)5/h10-23,25-31,33,46H,24H2,1-9H3/t31-,33-,46?/m0/s1. The van der Waals surface area contributed by atoms with Gasteiger partial charge in [-0.25, -0.2) is 9.67 Å². The van der Waals surface area contributed by atoms with Gasteiger partial charge in [0.1, 0.15) is 17.3 Å². The van der Waals surface area contributed by atoms with Crippen LogP contribution in [-0.4, -0.2) is 19.3 Å². The molecule has 274 valence electrons.